The zero-order valence-corrected chi connectivity index (χ0v) is 15.8. The molecule has 0 N–H and O–H groups in total. The van der Waals surface area contributed by atoms with Crippen LogP contribution in [0.5, 0.6) is 0 Å². The molecule has 146 valence electrons. The molecule has 1 aliphatic heterocycles. The first kappa shape index (κ1) is 18.4. The van der Waals surface area contributed by atoms with Gasteiger partial charge in [-0.25, -0.2) is 9.69 Å². The Morgan fingerprint density at radius 3 is 2.46 bits per heavy atom. The summed E-state index contributed by atoms with van der Waals surface area (Å²) in [5.74, 6) is -0.867. The van der Waals surface area contributed by atoms with Crippen molar-refractivity contribution in [1.29, 1.82) is 0 Å². The predicted octanol–water partition coefficient (Wildman–Crippen LogP) is 2.66. The van der Waals surface area contributed by atoms with E-state index in [4.69, 9.17) is 9.57 Å². The smallest absolute Gasteiger partial charge is 0.347 e. The van der Waals surface area contributed by atoms with Gasteiger partial charge in [0.05, 0.1) is 18.0 Å². The van der Waals surface area contributed by atoms with Crippen LogP contribution in [0.4, 0.5) is 5.69 Å². The molecule has 0 radical (unpaired) electrons. The van der Waals surface area contributed by atoms with Gasteiger partial charge in [0, 0.05) is 16.7 Å². The molecule has 1 aromatic rings. The van der Waals surface area contributed by atoms with Crippen molar-refractivity contribution in [3.05, 3.63) is 40.5 Å². The number of rotatable bonds is 5. The van der Waals surface area contributed by atoms with Gasteiger partial charge in [-0.15, -0.1) is 0 Å². The van der Waals surface area contributed by atoms with Crippen molar-refractivity contribution >= 4 is 29.2 Å². The van der Waals surface area contributed by atoms with Gasteiger partial charge in [-0.1, -0.05) is 11.2 Å². The van der Waals surface area contributed by atoms with Crippen LogP contribution in [0, 0.1) is 0 Å². The highest BCUT2D eigenvalue weighted by atomic mass is 16.7. The number of ether oxygens (including phenoxy) is 1. The number of aryl methyl sites for hydroxylation is 1. The zero-order chi connectivity index (χ0) is 19.7. The van der Waals surface area contributed by atoms with Crippen LogP contribution in [0.1, 0.15) is 50.2 Å². The summed E-state index contributed by atoms with van der Waals surface area (Å²) < 4.78 is 4.81. The number of hydrogen-bond acceptors (Lipinski definition) is 6. The number of anilines is 1. The molecule has 0 spiro atoms. The molecule has 3 aliphatic rings. The fourth-order valence-electron chi connectivity index (χ4n) is 4.01. The number of carbonyl (C=O) groups excluding carboxylic acids is 3. The van der Waals surface area contributed by atoms with Gasteiger partial charge in [-0.05, 0) is 63.1 Å². The third kappa shape index (κ3) is 3.21. The Morgan fingerprint density at radius 1 is 1.07 bits per heavy atom. The average Bonchev–Trinajstić information content (AvgIpc) is 3.21. The topological polar surface area (TPSA) is 85.3 Å². The van der Waals surface area contributed by atoms with Crippen LogP contribution in [0.2, 0.25) is 0 Å². The monoisotopic (exact) mass is 382 g/mol. The first-order chi connectivity index (χ1) is 13.6. The molecule has 2 aliphatic carbocycles. The first-order valence-electron chi connectivity index (χ1n) is 9.68. The molecule has 0 fully saturated rings. The number of benzene rings is 1. The quantitative estimate of drug-likeness (QED) is 0.444. The van der Waals surface area contributed by atoms with Crippen molar-refractivity contribution in [2.75, 3.05) is 18.1 Å². The number of amides is 2. The molecule has 28 heavy (non-hydrogen) atoms. The standard InChI is InChI=1S/C21H22N2O5/c1-2-27-19(24)12-28-22-18-10-8-13-7-9-14(11-17(13)18)23-20(25)15-5-3-4-6-16(15)21(23)26/h7,9,11H,2-6,8,10,12H2,1H3. The number of oxime groups is 1. The van der Waals surface area contributed by atoms with Crippen LogP contribution < -0.4 is 4.90 Å². The summed E-state index contributed by atoms with van der Waals surface area (Å²) in [5.41, 5.74) is 4.54. The van der Waals surface area contributed by atoms with E-state index >= 15 is 0 Å². The minimum atomic E-state index is -0.469. The molecule has 0 saturated carbocycles. The molecular weight excluding hydrogens is 360 g/mol. The van der Waals surface area contributed by atoms with Gasteiger partial charge in [-0.3, -0.25) is 9.59 Å². The molecule has 2 amide bonds. The summed E-state index contributed by atoms with van der Waals surface area (Å²) in [6, 6.07) is 5.56. The van der Waals surface area contributed by atoms with Crippen LogP contribution in [-0.2, 0) is 30.4 Å². The second-order valence-corrected chi connectivity index (χ2v) is 7.07. The molecule has 0 unspecified atom stereocenters. The molecule has 0 bridgehead atoms. The Bertz CT molecular complexity index is 887. The molecule has 1 heterocycles. The normalized spacial score (nSPS) is 19.9. The van der Waals surface area contributed by atoms with E-state index in [0.29, 0.717) is 48.4 Å². The van der Waals surface area contributed by atoms with E-state index in [1.807, 2.05) is 18.2 Å². The highest BCUT2D eigenvalue weighted by Crippen LogP contribution is 2.37. The van der Waals surface area contributed by atoms with Gasteiger partial charge < -0.3 is 9.57 Å². The second-order valence-electron chi connectivity index (χ2n) is 7.07. The number of nitrogens with zero attached hydrogens (tertiary/aromatic N) is 2. The SMILES string of the molecule is CCOC(=O)CON=C1CCc2ccc(N3C(=O)C4=C(CCCC4)C3=O)cc21. The van der Waals surface area contributed by atoms with E-state index in [0.717, 1.165) is 30.4 Å². The van der Waals surface area contributed by atoms with E-state index in [2.05, 4.69) is 5.16 Å². The average molecular weight is 382 g/mol. The van der Waals surface area contributed by atoms with Crippen molar-refractivity contribution in [2.45, 2.75) is 45.4 Å². The molecule has 7 nitrogen and oxygen atoms in total. The van der Waals surface area contributed by atoms with Crippen molar-refractivity contribution in [3.8, 4) is 0 Å². The summed E-state index contributed by atoms with van der Waals surface area (Å²) in [7, 11) is 0. The fraction of sp³-hybridized carbons (Fsp3) is 0.429. The summed E-state index contributed by atoms with van der Waals surface area (Å²) in [6.45, 7) is 1.78. The van der Waals surface area contributed by atoms with Gasteiger partial charge in [0.1, 0.15) is 0 Å². The molecule has 0 atom stereocenters. The largest absolute Gasteiger partial charge is 0.463 e. The van der Waals surface area contributed by atoms with Gasteiger partial charge >= 0.3 is 5.97 Å². The highest BCUT2D eigenvalue weighted by molar-refractivity contribution is 6.33. The van der Waals surface area contributed by atoms with Crippen LogP contribution in [0.3, 0.4) is 0 Å². The Morgan fingerprint density at radius 2 is 1.79 bits per heavy atom. The third-order valence-corrected chi connectivity index (χ3v) is 5.35. The van der Waals surface area contributed by atoms with Crippen LogP contribution >= 0.6 is 0 Å². The van der Waals surface area contributed by atoms with Crippen molar-refractivity contribution in [2.24, 2.45) is 5.16 Å². The number of carbonyl (C=O) groups is 3. The van der Waals surface area contributed by atoms with Crippen molar-refractivity contribution in [1.82, 2.24) is 0 Å². The number of fused-ring (bicyclic) bond motifs is 1. The maximum atomic E-state index is 12.8. The molecular formula is C21H22N2O5. The van der Waals surface area contributed by atoms with Crippen LogP contribution in [0.15, 0.2) is 34.5 Å². The minimum Gasteiger partial charge on any atom is -0.463 e. The van der Waals surface area contributed by atoms with E-state index in [1.54, 1.807) is 6.92 Å². The first-order valence-corrected chi connectivity index (χ1v) is 9.68. The molecule has 1 aromatic carbocycles. The Kier molecular flexibility index (Phi) is 4.98. The second kappa shape index (κ2) is 7.58. The maximum absolute atomic E-state index is 12.8. The maximum Gasteiger partial charge on any atom is 0.347 e. The highest BCUT2D eigenvalue weighted by Gasteiger charge is 2.40. The molecule has 0 saturated heterocycles. The number of imide groups is 1. The van der Waals surface area contributed by atoms with E-state index in [-0.39, 0.29) is 18.4 Å². The lowest BCUT2D eigenvalue weighted by atomic mass is 9.93. The fourth-order valence-corrected chi connectivity index (χ4v) is 4.01. The Balaban J connectivity index is 1.55. The molecule has 4 rings (SSSR count). The van der Waals surface area contributed by atoms with Gasteiger partial charge in [0.25, 0.3) is 11.8 Å². The van der Waals surface area contributed by atoms with Crippen molar-refractivity contribution < 1.29 is 24.0 Å². The molecule has 0 aromatic heterocycles. The Labute approximate surface area is 163 Å². The van der Waals surface area contributed by atoms with Gasteiger partial charge in [-0.2, -0.15) is 0 Å². The number of esters is 1. The van der Waals surface area contributed by atoms with Gasteiger partial charge in [0.15, 0.2) is 0 Å². The van der Waals surface area contributed by atoms with Crippen LogP contribution in [-0.4, -0.2) is 36.7 Å². The minimum absolute atomic E-state index is 0.199. The summed E-state index contributed by atoms with van der Waals surface area (Å²) in [4.78, 5) is 43.4. The molecule has 7 heteroatoms. The lowest BCUT2D eigenvalue weighted by molar-refractivity contribution is -0.148. The van der Waals surface area contributed by atoms with E-state index in [1.165, 1.54) is 4.90 Å². The van der Waals surface area contributed by atoms with E-state index in [9.17, 15) is 14.4 Å². The predicted molar refractivity (Wildman–Crippen MR) is 102 cm³/mol. The van der Waals surface area contributed by atoms with Gasteiger partial charge in [0.2, 0.25) is 6.61 Å². The Hall–Kier alpha value is -2.96. The lowest BCUT2D eigenvalue weighted by Gasteiger charge is -2.16. The van der Waals surface area contributed by atoms with Crippen molar-refractivity contribution in [3.63, 3.8) is 0 Å². The van der Waals surface area contributed by atoms with E-state index < -0.39 is 5.97 Å². The lowest BCUT2D eigenvalue weighted by Crippen LogP contribution is -2.31. The summed E-state index contributed by atoms with van der Waals surface area (Å²) >= 11 is 0. The third-order valence-electron chi connectivity index (χ3n) is 5.35. The zero-order valence-electron chi connectivity index (χ0n) is 15.8. The summed E-state index contributed by atoms with van der Waals surface area (Å²) in [6.07, 6.45) is 4.73. The van der Waals surface area contributed by atoms with Crippen LogP contribution in [0.25, 0.3) is 0 Å². The number of hydrogen-bond donors (Lipinski definition) is 0. The summed E-state index contributed by atoms with van der Waals surface area (Å²) in [5, 5.41) is 4.08.